The van der Waals surface area contributed by atoms with Crippen LogP contribution in [-0.4, -0.2) is 41.7 Å². The summed E-state index contributed by atoms with van der Waals surface area (Å²) in [6.45, 7) is 4.87. The largest absolute Gasteiger partial charge is 0.283 e. The Labute approximate surface area is 223 Å². The first kappa shape index (κ1) is 25.3. The zero-order valence-electron chi connectivity index (χ0n) is 19.8. The molecular formula is C25H25ClN4O3S3. The number of piperidine rings is 1. The molecule has 0 aliphatic carbocycles. The van der Waals surface area contributed by atoms with Crippen LogP contribution in [0.1, 0.15) is 29.5 Å². The molecule has 1 aliphatic heterocycles. The van der Waals surface area contributed by atoms with Gasteiger partial charge >= 0.3 is 0 Å². The van der Waals surface area contributed by atoms with E-state index < -0.39 is 15.9 Å². The van der Waals surface area contributed by atoms with Crippen molar-refractivity contribution in [2.24, 2.45) is 5.92 Å². The van der Waals surface area contributed by atoms with Crippen LogP contribution in [0.4, 0.5) is 5.13 Å². The first-order valence-corrected chi connectivity index (χ1v) is 15.0. The molecule has 11 heteroatoms. The number of amides is 1. The Morgan fingerprint density at radius 1 is 1.17 bits per heavy atom. The molecule has 1 fully saturated rings. The van der Waals surface area contributed by atoms with Crippen molar-refractivity contribution in [2.45, 2.75) is 37.4 Å². The van der Waals surface area contributed by atoms with Crippen molar-refractivity contribution in [2.75, 3.05) is 18.0 Å². The molecule has 1 atom stereocenters. The minimum Gasteiger partial charge on any atom is -0.283 e. The van der Waals surface area contributed by atoms with Crippen molar-refractivity contribution >= 4 is 65.6 Å². The fourth-order valence-electron chi connectivity index (χ4n) is 4.42. The molecule has 0 saturated carbocycles. The van der Waals surface area contributed by atoms with Crippen LogP contribution < -0.4 is 4.90 Å². The maximum absolute atomic E-state index is 14.0. The summed E-state index contributed by atoms with van der Waals surface area (Å²) in [6, 6.07) is 11.0. The van der Waals surface area contributed by atoms with Crippen LogP contribution in [0.25, 0.3) is 10.2 Å². The Balaban J connectivity index is 1.48. The zero-order valence-corrected chi connectivity index (χ0v) is 23.1. The van der Waals surface area contributed by atoms with Gasteiger partial charge in [0.05, 0.1) is 27.0 Å². The quantitative estimate of drug-likeness (QED) is 0.304. The SMILES string of the molecule is Cc1ccc(C)c2sc(N(Cc3cccnc3)C(=O)C3CCCN(S(=O)(=O)c4ccc(Cl)s4)C3)nc12. The molecule has 7 nitrogen and oxygen atoms in total. The number of aromatic nitrogens is 2. The number of sulfonamides is 1. The van der Waals surface area contributed by atoms with Gasteiger partial charge in [-0.05, 0) is 61.6 Å². The van der Waals surface area contributed by atoms with E-state index in [2.05, 4.69) is 11.1 Å². The fraction of sp³-hybridized carbons (Fsp3) is 0.320. The first-order chi connectivity index (χ1) is 17.2. The topological polar surface area (TPSA) is 83.5 Å². The van der Waals surface area contributed by atoms with Gasteiger partial charge in [-0.1, -0.05) is 41.1 Å². The molecule has 4 heterocycles. The fourth-order valence-corrected chi connectivity index (χ4v) is 8.70. The number of aryl methyl sites for hydroxylation is 2. The van der Waals surface area contributed by atoms with E-state index >= 15 is 0 Å². The molecule has 0 bridgehead atoms. The van der Waals surface area contributed by atoms with Crippen LogP contribution in [0.3, 0.4) is 0 Å². The molecule has 0 N–H and O–H groups in total. The number of anilines is 1. The monoisotopic (exact) mass is 560 g/mol. The smallest absolute Gasteiger partial charge is 0.252 e. The Kier molecular flexibility index (Phi) is 7.15. The lowest BCUT2D eigenvalue weighted by molar-refractivity contribution is -0.123. The summed E-state index contributed by atoms with van der Waals surface area (Å²) in [6.07, 6.45) is 4.65. The zero-order chi connectivity index (χ0) is 25.4. The van der Waals surface area contributed by atoms with E-state index in [1.54, 1.807) is 23.4 Å². The van der Waals surface area contributed by atoms with Gasteiger partial charge in [0, 0.05) is 25.5 Å². The van der Waals surface area contributed by atoms with Crippen molar-refractivity contribution in [3.8, 4) is 0 Å². The van der Waals surface area contributed by atoms with Gasteiger partial charge in [-0.2, -0.15) is 4.31 Å². The summed E-state index contributed by atoms with van der Waals surface area (Å²) < 4.78 is 29.5. The number of carbonyl (C=O) groups excluding carboxylic acids is 1. The highest BCUT2D eigenvalue weighted by Gasteiger charge is 2.37. The minimum absolute atomic E-state index is 0.127. The van der Waals surface area contributed by atoms with E-state index in [0.29, 0.717) is 35.4 Å². The third kappa shape index (κ3) is 4.92. The number of halogens is 1. The molecular weight excluding hydrogens is 536 g/mol. The number of hydrogen-bond acceptors (Lipinski definition) is 7. The lowest BCUT2D eigenvalue weighted by atomic mass is 9.98. The van der Waals surface area contributed by atoms with Gasteiger partial charge in [-0.25, -0.2) is 13.4 Å². The van der Waals surface area contributed by atoms with Crippen LogP contribution in [0.15, 0.2) is 53.0 Å². The Morgan fingerprint density at radius 2 is 1.97 bits per heavy atom. The van der Waals surface area contributed by atoms with E-state index in [9.17, 15) is 13.2 Å². The number of thiophene rings is 1. The molecule has 1 aliphatic rings. The lowest BCUT2D eigenvalue weighted by Crippen LogP contribution is -2.46. The maximum Gasteiger partial charge on any atom is 0.252 e. The molecule has 1 amide bonds. The van der Waals surface area contributed by atoms with E-state index in [1.165, 1.54) is 21.7 Å². The minimum atomic E-state index is -3.71. The van der Waals surface area contributed by atoms with E-state index in [-0.39, 0.29) is 16.7 Å². The molecule has 4 aromatic rings. The van der Waals surface area contributed by atoms with Crippen molar-refractivity contribution in [3.05, 3.63) is 69.8 Å². The molecule has 1 aromatic carbocycles. The number of thiazole rings is 1. The van der Waals surface area contributed by atoms with Gasteiger partial charge in [-0.15, -0.1) is 11.3 Å². The van der Waals surface area contributed by atoms with Crippen LogP contribution in [0.5, 0.6) is 0 Å². The van der Waals surface area contributed by atoms with Gasteiger partial charge in [0.1, 0.15) is 4.21 Å². The summed E-state index contributed by atoms with van der Waals surface area (Å²) in [7, 11) is -3.71. The van der Waals surface area contributed by atoms with E-state index in [1.807, 2.05) is 32.0 Å². The highest BCUT2D eigenvalue weighted by molar-refractivity contribution is 7.91. The van der Waals surface area contributed by atoms with Crippen LogP contribution in [0, 0.1) is 19.8 Å². The molecule has 1 unspecified atom stereocenters. The summed E-state index contributed by atoms with van der Waals surface area (Å²) in [5, 5.41) is 0.612. The Hall–Kier alpha value is -2.37. The second-order valence-electron chi connectivity index (χ2n) is 8.92. The third-order valence-corrected chi connectivity index (χ3v) is 11.1. The standard InChI is InChI=1S/C25H25ClN4O3S3/c1-16-7-8-17(2)23-22(16)28-25(35-23)30(14-18-5-3-11-27-13-18)24(31)19-6-4-12-29(15-19)36(32,33)21-10-9-20(26)34-21/h3,5,7-11,13,19H,4,6,12,14-15H2,1-2H3. The summed E-state index contributed by atoms with van der Waals surface area (Å²) in [5.41, 5.74) is 3.93. The second kappa shape index (κ2) is 10.2. The molecule has 5 rings (SSSR count). The Bertz CT molecular complexity index is 1480. The number of benzene rings is 1. The van der Waals surface area contributed by atoms with Crippen LogP contribution in [0.2, 0.25) is 4.34 Å². The number of fused-ring (bicyclic) bond motifs is 1. The Morgan fingerprint density at radius 3 is 2.67 bits per heavy atom. The number of rotatable bonds is 6. The average molecular weight is 561 g/mol. The van der Waals surface area contributed by atoms with Gasteiger partial charge < -0.3 is 0 Å². The normalized spacial score (nSPS) is 16.9. The summed E-state index contributed by atoms with van der Waals surface area (Å²) in [5.74, 6) is -0.604. The number of nitrogens with zero attached hydrogens (tertiary/aromatic N) is 4. The summed E-state index contributed by atoms with van der Waals surface area (Å²) >= 11 is 8.52. The number of carbonyl (C=O) groups is 1. The van der Waals surface area contributed by atoms with Gasteiger partial charge in [0.2, 0.25) is 5.91 Å². The molecule has 3 aromatic heterocycles. The average Bonchev–Trinajstić information content (AvgIpc) is 3.53. The van der Waals surface area contributed by atoms with Gasteiger partial charge in [0.25, 0.3) is 10.0 Å². The predicted molar refractivity (Wildman–Crippen MR) is 145 cm³/mol. The highest BCUT2D eigenvalue weighted by atomic mass is 35.5. The maximum atomic E-state index is 14.0. The van der Waals surface area contributed by atoms with E-state index in [0.717, 1.165) is 38.2 Å². The highest BCUT2D eigenvalue weighted by Crippen LogP contribution is 2.36. The van der Waals surface area contributed by atoms with Gasteiger partial charge in [-0.3, -0.25) is 14.7 Å². The van der Waals surface area contributed by atoms with Crippen LogP contribution >= 0.6 is 34.3 Å². The second-order valence-corrected chi connectivity index (χ2v) is 13.8. The van der Waals surface area contributed by atoms with Gasteiger partial charge in [0.15, 0.2) is 5.13 Å². The molecule has 188 valence electrons. The molecule has 0 radical (unpaired) electrons. The lowest BCUT2D eigenvalue weighted by Gasteiger charge is -2.33. The molecule has 1 saturated heterocycles. The van der Waals surface area contributed by atoms with Crippen molar-refractivity contribution in [3.63, 3.8) is 0 Å². The number of hydrogen-bond donors (Lipinski definition) is 0. The molecule has 36 heavy (non-hydrogen) atoms. The predicted octanol–water partition coefficient (Wildman–Crippen LogP) is 5.66. The van der Waals surface area contributed by atoms with E-state index in [4.69, 9.17) is 16.6 Å². The summed E-state index contributed by atoms with van der Waals surface area (Å²) in [4.78, 5) is 24.8. The van der Waals surface area contributed by atoms with Crippen molar-refractivity contribution < 1.29 is 13.2 Å². The first-order valence-electron chi connectivity index (χ1n) is 11.6. The van der Waals surface area contributed by atoms with Crippen LogP contribution in [-0.2, 0) is 21.4 Å². The molecule has 0 spiro atoms. The van der Waals surface area contributed by atoms with Crippen molar-refractivity contribution in [1.82, 2.24) is 14.3 Å². The third-order valence-electron chi connectivity index (χ3n) is 6.37. The van der Waals surface area contributed by atoms with Crippen molar-refractivity contribution in [1.29, 1.82) is 0 Å². The number of pyridine rings is 1.